The number of benzene rings is 2. The van der Waals surface area contributed by atoms with E-state index in [1.54, 1.807) is 12.4 Å². The van der Waals surface area contributed by atoms with E-state index in [2.05, 4.69) is 9.97 Å². The zero-order valence-corrected chi connectivity index (χ0v) is 19.2. The second kappa shape index (κ2) is 13.7. The van der Waals surface area contributed by atoms with Crippen LogP contribution in [0.3, 0.4) is 0 Å². The Labute approximate surface area is 210 Å². The summed E-state index contributed by atoms with van der Waals surface area (Å²) >= 11 is 0. The molecule has 0 aliphatic heterocycles. The summed E-state index contributed by atoms with van der Waals surface area (Å²) in [6.07, 6.45) is 3.43. The number of nitrogens with zero attached hydrogens (tertiary/aromatic N) is 2. The van der Waals surface area contributed by atoms with Crippen molar-refractivity contribution in [3.63, 3.8) is 0 Å². The number of ketones is 2. The van der Waals surface area contributed by atoms with Gasteiger partial charge in [0.25, 0.3) is 0 Å². The van der Waals surface area contributed by atoms with Crippen LogP contribution in [0.4, 0.5) is 0 Å². The predicted molar refractivity (Wildman–Crippen MR) is 145 cm³/mol. The second-order valence-corrected chi connectivity index (χ2v) is 8.24. The van der Waals surface area contributed by atoms with Gasteiger partial charge in [0, 0.05) is 23.5 Å². The van der Waals surface area contributed by atoms with Gasteiger partial charge in [-0.1, -0.05) is 87.6 Å². The molecule has 1 atom stereocenters. The van der Waals surface area contributed by atoms with Crippen LogP contribution in [0.15, 0.2) is 109 Å². The van der Waals surface area contributed by atoms with Crippen LogP contribution in [0.5, 0.6) is 0 Å². The molecule has 4 aromatic rings. The van der Waals surface area contributed by atoms with Crippen molar-refractivity contribution in [3.8, 4) is 0 Å². The van der Waals surface area contributed by atoms with Crippen molar-refractivity contribution < 1.29 is 9.59 Å². The molecule has 0 aliphatic carbocycles. The van der Waals surface area contributed by atoms with Gasteiger partial charge in [-0.3, -0.25) is 19.6 Å². The summed E-state index contributed by atoms with van der Waals surface area (Å²) in [7, 11) is 0. The third kappa shape index (κ3) is 7.54. The molecule has 0 spiro atoms. The first-order chi connectivity index (χ1) is 15.9. The lowest BCUT2D eigenvalue weighted by molar-refractivity contribution is 0.0905. The standard InChI is InChI=1S/C15H15NO.C14H13NO.2CH4/c1-15(2,13-10-6-7-11-16-13)14(17)12-8-4-3-5-9-12;1-11(13-9-5-6-10-15-13)14(16)12-7-3-2-4-8-12;;/h3-11H,1-2H3;2-11H,1H3;2*1H4. The normalized spacial score (nSPS) is 10.9. The molecule has 35 heavy (non-hydrogen) atoms. The maximum atomic E-state index is 12.4. The number of aromatic nitrogens is 2. The number of Topliss-reactive ketones (excluding diaryl/α,β-unsaturated/α-hetero) is 2. The molecule has 0 N–H and O–H groups in total. The molecule has 2 aromatic carbocycles. The lowest BCUT2D eigenvalue weighted by atomic mass is 9.81. The topological polar surface area (TPSA) is 59.9 Å². The lowest BCUT2D eigenvalue weighted by Gasteiger charge is -2.22. The summed E-state index contributed by atoms with van der Waals surface area (Å²) in [5.41, 5.74) is 2.48. The first kappa shape index (κ1) is 29.1. The van der Waals surface area contributed by atoms with Crippen molar-refractivity contribution in [2.75, 3.05) is 0 Å². The first-order valence-corrected chi connectivity index (χ1v) is 10.9. The monoisotopic (exact) mass is 468 g/mol. The molecule has 2 aromatic heterocycles. The molecule has 4 rings (SSSR count). The maximum Gasteiger partial charge on any atom is 0.174 e. The summed E-state index contributed by atoms with van der Waals surface area (Å²) in [5.74, 6) is 0.0136. The molecule has 0 radical (unpaired) electrons. The van der Waals surface area contributed by atoms with Crippen LogP contribution < -0.4 is 0 Å². The van der Waals surface area contributed by atoms with Crippen molar-refractivity contribution >= 4 is 11.6 Å². The van der Waals surface area contributed by atoms with Crippen LogP contribution in [0, 0.1) is 0 Å². The number of carbonyl (C=O) groups excluding carboxylic acids is 2. The molecule has 0 aliphatic rings. The summed E-state index contributed by atoms with van der Waals surface area (Å²) in [5, 5.41) is 0. The van der Waals surface area contributed by atoms with E-state index < -0.39 is 5.41 Å². The zero-order chi connectivity index (χ0) is 23.7. The number of pyridine rings is 2. The molecule has 182 valence electrons. The molecule has 0 amide bonds. The highest BCUT2D eigenvalue weighted by molar-refractivity contribution is 6.03. The van der Waals surface area contributed by atoms with Crippen molar-refractivity contribution in [2.45, 2.75) is 47.0 Å². The van der Waals surface area contributed by atoms with E-state index >= 15 is 0 Å². The third-order valence-corrected chi connectivity index (χ3v) is 5.49. The highest BCUT2D eigenvalue weighted by Crippen LogP contribution is 2.25. The first-order valence-electron chi connectivity index (χ1n) is 10.9. The minimum absolute atomic E-state index is 0. The Morgan fingerprint density at radius 2 is 1.14 bits per heavy atom. The summed E-state index contributed by atoms with van der Waals surface area (Å²) in [4.78, 5) is 33.0. The fraction of sp³-hybridized carbons (Fsp3) is 0.226. The Hall–Kier alpha value is -3.92. The van der Waals surface area contributed by atoms with Gasteiger partial charge in [0.1, 0.15) is 0 Å². The fourth-order valence-corrected chi connectivity index (χ4v) is 3.42. The maximum absolute atomic E-state index is 12.4. The van der Waals surface area contributed by atoms with E-state index in [0.29, 0.717) is 0 Å². The van der Waals surface area contributed by atoms with Gasteiger partial charge in [0.2, 0.25) is 0 Å². The smallest absolute Gasteiger partial charge is 0.174 e. The van der Waals surface area contributed by atoms with E-state index in [9.17, 15) is 9.59 Å². The Morgan fingerprint density at radius 3 is 1.63 bits per heavy atom. The number of rotatable bonds is 6. The molecule has 2 heterocycles. The van der Waals surface area contributed by atoms with Crippen molar-refractivity contribution in [3.05, 3.63) is 132 Å². The van der Waals surface area contributed by atoms with Crippen LogP contribution in [0.2, 0.25) is 0 Å². The van der Waals surface area contributed by atoms with Gasteiger partial charge < -0.3 is 0 Å². The molecule has 0 fully saturated rings. The van der Waals surface area contributed by atoms with E-state index in [0.717, 1.165) is 22.5 Å². The quantitative estimate of drug-likeness (QED) is 0.274. The zero-order valence-electron chi connectivity index (χ0n) is 19.2. The summed E-state index contributed by atoms with van der Waals surface area (Å²) < 4.78 is 0. The van der Waals surface area contributed by atoms with Gasteiger partial charge in [-0.05, 0) is 45.0 Å². The van der Waals surface area contributed by atoms with Gasteiger partial charge in [0.05, 0.1) is 22.7 Å². The van der Waals surface area contributed by atoms with Crippen LogP contribution in [0.1, 0.15) is 73.6 Å². The fourth-order valence-electron chi connectivity index (χ4n) is 3.42. The SMILES string of the molecule is C.C.CC(C(=O)c1ccccc1)c1ccccn1.CC(C)(C(=O)c1ccccc1)c1ccccn1. The molecule has 0 bridgehead atoms. The Kier molecular flexibility index (Phi) is 11.4. The second-order valence-electron chi connectivity index (χ2n) is 8.24. The van der Waals surface area contributed by atoms with E-state index in [1.165, 1.54) is 0 Å². The Balaban J connectivity index is 0.000000332. The van der Waals surface area contributed by atoms with Gasteiger partial charge in [-0.2, -0.15) is 0 Å². The number of carbonyl (C=O) groups is 2. The average Bonchev–Trinajstić information content (AvgIpc) is 2.89. The van der Waals surface area contributed by atoms with Crippen LogP contribution in [-0.4, -0.2) is 21.5 Å². The van der Waals surface area contributed by atoms with Gasteiger partial charge in [0.15, 0.2) is 11.6 Å². The van der Waals surface area contributed by atoms with Crippen molar-refractivity contribution in [2.24, 2.45) is 0 Å². The predicted octanol–water partition coefficient (Wildman–Crippen LogP) is 7.58. The van der Waals surface area contributed by atoms with Crippen LogP contribution in [0.25, 0.3) is 0 Å². The van der Waals surface area contributed by atoms with Gasteiger partial charge in [-0.25, -0.2) is 0 Å². The molecule has 1 unspecified atom stereocenters. The third-order valence-electron chi connectivity index (χ3n) is 5.49. The number of hydrogen-bond acceptors (Lipinski definition) is 4. The molecule has 4 nitrogen and oxygen atoms in total. The molecule has 0 saturated carbocycles. The Bertz CT molecular complexity index is 1160. The minimum Gasteiger partial charge on any atom is -0.293 e. The van der Waals surface area contributed by atoms with Crippen LogP contribution in [-0.2, 0) is 5.41 Å². The van der Waals surface area contributed by atoms with E-state index in [4.69, 9.17) is 0 Å². The highest BCUT2D eigenvalue weighted by Gasteiger charge is 2.31. The van der Waals surface area contributed by atoms with E-state index in [-0.39, 0.29) is 32.3 Å². The van der Waals surface area contributed by atoms with Crippen molar-refractivity contribution in [1.82, 2.24) is 9.97 Å². The molecule has 4 heteroatoms. The highest BCUT2D eigenvalue weighted by atomic mass is 16.1. The molecule has 0 saturated heterocycles. The largest absolute Gasteiger partial charge is 0.293 e. The van der Waals surface area contributed by atoms with Gasteiger partial charge in [-0.15, -0.1) is 0 Å². The summed E-state index contributed by atoms with van der Waals surface area (Å²) in [6, 6.07) is 29.9. The van der Waals surface area contributed by atoms with Crippen LogP contribution >= 0.6 is 0 Å². The average molecular weight is 469 g/mol. The molecular formula is C31H36N2O2. The Morgan fingerprint density at radius 1 is 0.657 bits per heavy atom. The lowest BCUT2D eigenvalue weighted by Crippen LogP contribution is -2.30. The van der Waals surface area contributed by atoms with Crippen molar-refractivity contribution in [1.29, 1.82) is 0 Å². The molecular weight excluding hydrogens is 432 g/mol. The minimum atomic E-state index is -0.595. The summed E-state index contributed by atoms with van der Waals surface area (Å²) in [6.45, 7) is 5.70. The van der Waals surface area contributed by atoms with E-state index in [1.807, 2.05) is 118 Å². The van der Waals surface area contributed by atoms with Gasteiger partial charge >= 0.3 is 0 Å². The number of hydrogen-bond donors (Lipinski definition) is 0.